The molecule has 3 aromatic rings. The summed E-state index contributed by atoms with van der Waals surface area (Å²) in [4.78, 5) is 26.9. The topological polar surface area (TPSA) is 88.2 Å². The minimum absolute atomic E-state index is 0.0204. The lowest BCUT2D eigenvalue weighted by Gasteiger charge is -2.26. The average Bonchev–Trinajstić information content (AvgIpc) is 3.31. The van der Waals surface area contributed by atoms with E-state index >= 15 is 0 Å². The summed E-state index contributed by atoms with van der Waals surface area (Å²) in [6, 6.07) is 17.6. The number of benzene rings is 2. The van der Waals surface area contributed by atoms with Gasteiger partial charge in [-0.25, -0.2) is 4.68 Å². The summed E-state index contributed by atoms with van der Waals surface area (Å²) in [5.74, 6) is -0.157. The Kier molecular flexibility index (Phi) is 7.16. The molecule has 0 saturated carbocycles. The van der Waals surface area contributed by atoms with Crippen molar-refractivity contribution in [2.45, 2.75) is 34.1 Å². The first-order valence-electron chi connectivity index (χ1n) is 12.0. The molecule has 0 bridgehead atoms. The van der Waals surface area contributed by atoms with Gasteiger partial charge < -0.3 is 4.74 Å². The molecule has 0 atom stereocenters. The SMILES string of the molecule is CCCOc1ccc(-c2nn(-c3ccccc3)cc2/C=C2/C(=O)N(CC)C(=O)C(C#N)=C2C)cc1C. The maximum atomic E-state index is 13.2. The third-order valence-electron chi connectivity index (χ3n) is 6.11. The van der Waals surface area contributed by atoms with Crippen molar-refractivity contribution in [3.05, 3.63) is 82.6 Å². The maximum Gasteiger partial charge on any atom is 0.271 e. The first kappa shape index (κ1) is 24.7. The predicted octanol–water partition coefficient (Wildman–Crippen LogP) is 5.25. The molecule has 0 saturated heterocycles. The zero-order chi connectivity index (χ0) is 25.8. The highest BCUT2D eigenvalue weighted by Crippen LogP contribution is 2.32. The van der Waals surface area contributed by atoms with Gasteiger partial charge in [0, 0.05) is 29.4 Å². The van der Waals surface area contributed by atoms with Crippen molar-refractivity contribution in [1.29, 1.82) is 5.26 Å². The molecule has 1 aliphatic rings. The van der Waals surface area contributed by atoms with Crippen molar-refractivity contribution < 1.29 is 14.3 Å². The molecule has 7 heteroatoms. The van der Waals surface area contributed by atoms with E-state index in [1.54, 1.807) is 24.6 Å². The van der Waals surface area contributed by atoms with Gasteiger partial charge in [-0.2, -0.15) is 10.4 Å². The van der Waals surface area contributed by atoms with Crippen LogP contribution in [0.3, 0.4) is 0 Å². The third-order valence-corrected chi connectivity index (χ3v) is 6.11. The average molecular weight is 481 g/mol. The number of imide groups is 1. The fourth-order valence-corrected chi connectivity index (χ4v) is 4.17. The summed E-state index contributed by atoms with van der Waals surface area (Å²) in [5, 5.41) is 14.4. The van der Waals surface area contributed by atoms with Gasteiger partial charge in [0.2, 0.25) is 0 Å². The Balaban J connectivity index is 1.89. The molecular formula is C29H28N4O3. The smallest absolute Gasteiger partial charge is 0.271 e. The van der Waals surface area contributed by atoms with Crippen molar-refractivity contribution in [1.82, 2.24) is 14.7 Å². The minimum Gasteiger partial charge on any atom is -0.493 e. The van der Waals surface area contributed by atoms with Crippen LogP contribution in [0, 0.1) is 18.3 Å². The number of likely N-dealkylation sites (N-methyl/N-ethyl adjacent to an activating group) is 1. The molecule has 2 aromatic carbocycles. The molecule has 182 valence electrons. The minimum atomic E-state index is -0.557. The van der Waals surface area contributed by atoms with E-state index in [1.807, 2.05) is 67.7 Å². The number of nitriles is 1. The summed E-state index contributed by atoms with van der Waals surface area (Å²) in [7, 11) is 0. The molecule has 0 unspecified atom stereocenters. The van der Waals surface area contributed by atoms with Crippen LogP contribution in [0.1, 0.15) is 38.3 Å². The highest BCUT2D eigenvalue weighted by molar-refractivity contribution is 6.19. The van der Waals surface area contributed by atoms with Gasteiger partial charge in [-0.15, -0.1) is 0 Å². The highest BCUT2D eigenvalue weighted by atomic mass is 16.5. The Bertz CT molecular complexity index is 1420. The van der Waals surface area contributed by atoms with E-state index in [1.165, 1.54) is 0 Å². The fraction of sp³-hybridized carbons (Fsp3) is 0.241. The predicted molar refractivity (Wildman–Crippen MR) is 138 cm³/mol. The number of amides is 2. The van der Waals surface area contributed by atoms with E-state index < -0.39 is 11.8 Å². The van der Waals surface area contributed by atoms with E-state index in [4.69, 9.17) is 9.84 Å². The molecule has 0 N–H and O–H groups in total. The summed E-state index contributed by atoms with van der Waals surface area (Å²) in [6.45, 7) is 8.23. The van der Waals surface area contributed by atoms with Crippen molar-refractivity contribution in [2.24, 2.45) is 0 Å². The Morgan fingerprint density at radius 3 is 2.44 bits per heavy atom. The number of carbonyl (C=O) groups is 2. The van der Waals surface area contributed by atoms with E-state index in [0.29, 0.717) is 29.0 Å². The Morgan fingerprint density at radius 2 is 1.81 bits per heavy atom. The molecule has 0 fully saturated rings. The molecule has 7 nitrogen and oxygen atoms in total. The van der Waals surface area contributed by atoms with Gasteiger partial charge >= 0.3 is 0 Å². The van der Waals surface area contributed by atoms with Gasteiger partial charge in [0.15, 0.2) is 0 Å². The van der Waals surface area contributed by atoms with Gasteiger partial charge in [-0.1, -0.05) is 25.1 Å². The number of para-hydroxylation sites is 1. The highest BCUT2D eigenvalue weighted by Gasteiger charge is 2.34. The summed E-state index contributed by atoms with van der Waals surface area (Å²) >= 11 is 0. The third kappa shape index (κ3) is 4.58. The normalized spacial score (nSPS) is 15.0. The van der Waals surface area contributed by atoms with Crippen LogP contribution in [-0.2, 0) is 9.59 Å². The van der Waals surface area contributed by atoms with Crippen LogP contribution >= 0.6 is 0 Å². The standard InChI is InChI=1S/C29H28N4O3/c1-5-14-36-26-13-12-21(15-19(26)3)27-22(18-33(31-27)23-10-8-7-9-11-23)16-24-20(4)25(17-30)29(35)32(6-2)28(24)34/h7-13,15-16,18H,5-6,14H2,1-4H3/b24-16+. The van der Waals surface area contributed by atoms with E-state index in [0.717, 1.165) is 33.9 Å². The number of aryl methyl sites for hydroxylation is 1. The largest absolute Gasteiger partial charge is 0.493 e. The first-order chi connectivity index (χ1) is 17.4. The first-order valence-corrected chi connectivity index (χ1v) is 12.0. The molecule has 0 aliphatic carbocycles. The lowest BCUT2D eigenvalue weighted by atomic mass is 9.93. The van der Waals surface area contributed by atoms with Crippen LogP contribution in [-0.4, -0.2) is 39.6 Å². The van der Waals surface area contributed by atoms with Crippen LogP contribution in [0.25, 0.3) is 23.0 Å². The van der Waals surface area contributed by atoms with E-state index in [9.17, 15) is 14.9 Å². The van der Waals surface area contributed by atoms with Crippen LogP contribution in [0.5, 0.6) is 5.75 Å². The van der Waals surface area contributed by atoms with Crippen molar-refractivity contribution >= 4 is 17.9 Å². The van der Waals surface area contributed by atoms with Gasteiger partial charge in [-0.05, 0) is 74.7 Å². The quantitative estimate of drug-likeness (QED) is 0.340. The number of carbonyl (C=O) groups excluding carboxylic acids is 2. The lowest BCUT2D eigenvalue weighted by Crippen LogP contribution is -2.42. The number of nitrogens with zero attached hydrogens (tertiary/aromatic N) is 4. The number of rotatable bonds is 7. The van der Waals surface area contributed by atoms with E-state index in [2.05, 4.69) is 6.92 Å². The van der Waals surface area contributed by atoms with Crippen LogP contribution in [0.4, 0.5) is 0 Å². The molecular weight excluding hydrogens is 452 g/mol. The number of aromatic nitrogens is 2. The van der Waals surface area contributed by atoms with Gasteiger partial charge in [-0.3, -0.25) is 14.5 Å². The fourth-order valence-electron chi connectivity index (χ4n) is 4.17. The maximum absolute atomic E-state index is 13.2. The lowest BCUT2D eigenvalue weighted by molar-refractivity contribution is -0.140. The molecule has 36 heavy (non-hydrogen) atoms. The van der Waals surface area contributed by atoms with Crippen LogP contribution in [0.15, 0.2) is 71.4 Å². The number of hydrogen-bond acceptors (Lipinski definition) is 5. The van der Waals surface area contributed by atoms with E-state index in [-0.39, 0.29) is 12.1 Å². The summed E-state index contributed by atoms with van der Waals surface area (Å²) in [6.07, 6.45) is 4.50. The summed E-state index contributed by atoms with van der Waals surface area (Å²) < 4.78 is 7.60. The Labute approximate surface area is 210 Å². The van der Waals surface area contributed by atoms with Crippen LogP contribution < -0.4 is 4.74 Å². The monoisotopic (exact) mass is 480 g/mol. The second kappa shape index (κ2) is 10.4. The zero-order valence-corrected chi connectivity index (χ0v) is 20.9. The summed E-state index contributed by atoms with van der Waals surface area (Å²) in [5.41, 5.74) is 4.75. The molecule has 1 aliphatic heterocycles. The number of ether oxygens (including phenoxy) is 1. The molecule has 0 radical (unpaired) electrons. The molecule has 1 aromatic heterocycles. The second-order valence-corrected chi connectivity index (χ2v) is 8.57. The Morgan fingerprint density at radius 1 is 1.06 bits per heavy atom. The van der Waals surface area contributed by atoms with Crippen molar-refractivity contribution in [2.75, 3.05) is 13.2 Å². The van der Waals surface area contributed by atoms with Gasteiger partial charge in [0.05, 0.1) is 18.0 Å². The molecule has 2 amide bonds. The van der Waals surface area contributed by atoms with Crippen LogP contribution in [0.2, 0.25) is 0 Å². The van der Waals surface area contributed by atoms with Gasteiger partial charge in [0.25, 0.3) is 11.8 Å². The Hall–Kier alpha value is -4.44. The molecule has 2 heterocycles. The van der Waals surface area contributed by atoms with Crippen molar-refractivity contribution in [3.8, 4) is 28.8 Å². The zero-order valence-electron chi connectivity index (χ0n) is 20.9. The number of hydrogen-bond donors (Lipinski definition) is 0. The van der Waals surface area contributed by atoms with Gasteiger partial charge in [0.1, 0.15) is 17.4 Å². The second-order valence-electron chi connectivity index (χ2n) is 8.57. The van der Waals surface area contributed by atoms with Crippen molar-refractivity contribution in [3.63, 3.8) is 0 Å². The molecule has 0 spiro atoms. The molecule has 4 rings (SSSR count).